The zero-order chi connectivity index (χ0) is 14.7. The molecule has 0 spiro atoms. The van der Waals surface area contributed by atoms with E-state index in [1.165, 1.54) is 4.90 Å². The van der Waals surface area contributed by atoms with Crippen LogP contribution < -0.4 is 0 Å². The maximum absolute atomic E-state index is 13.1. The summed E-state index contributed by atoms with van der Waals surface area (Å²) >= 11 is 0. The van der Waals surface area contributed by atoms with Gasteiger partial charge in [0.05, 0.1) is 6.61 Å². The molecule has 2 rings (SSSR count). The summed E-state index contributed by atoms with van der Waals surface area (Å²) < 4.78 is 44.4. The molecule has 1 fully saturated rings. The van der Waals surface area contributed by atoms with Crippen LogP contribution in [0.25, 0.3) is 0 Å². The molecule has 1 aromatic carbocycles. The van der Waals surface area contributed by atoms with Crippen molar-refractivity contribution in [2.24, 2.45) is 5.92 Å². The quantitative estimate of drug-likeness (QED) is 0.800. The molecular formula is C14H16F3NO2. The highest BCUT2D eigenvalue weighted by molar-refractivity contribution is 5.94. The van der Waals surface area contributed by atoms with Gasteiger partial charge in [0, 0.05) is 25.8 Å². The molecule has 6 heteroatoms. The molecular weight excluding hydrogens is 271 g/mol. The lowest BCUT2D eigenvalue weighted by molar-refractivity contribution is 0.0388. The molecule has 1 atom stereocenters. The number of carbonyl (C=O) groups excluding carboxylic acids is 1. The average molecular weight is 287 g/mol. The molecule has 0 N–H and O–H groups in total. The zero-order valence-corrected chi connectivity index (χ0v) is 11.2. The topological polar surface area (TPSA) is 29.5 Å². The van der Waals surface area contributed by atoms with Crippen molar-refractivity contribution in [3.05, 3.63) is 35.1 Å². The van der Waals surface area contributed by atoms with Crippen LogP contribution in [0.4, 0.5) is 13.2 Å². The number of halogens is 3. The lowest BCUT2D eigenvalue weighted by Crippen LogP contribution is -2.35. The highest BCUT2D eigenvalue weighted by atomic mass is 19.2. The second kappa shape index (κ2) is 6.26. The first-order valence-corrected chi connectivity index (χ1v) is 6.46. The highest BCUT2D eigenvalue weighted by Gasteiger charge is 2.21. The number of amides is 1. The SMILES string of the molecule is CN(CC1CCCOC1)C(=O)c1cc(F)c(F)c(F)c1. The molecule has 0 saturated carbocycles. The van der Waals surface area contributed by atoms with Crippen LogP contribution in [0.15, 0.2) is 12.1 Å². The molecule has 1 aromatic rings. The van der Waals surface area contributed by atoms with Gasteiger partial charge in [-0.3, -0.25) is 4.79 Å². The molecule has 110 valence electrons. The number of hydrogen-bond acceptors (Lipinski definition) is 2. The van der Waals surface area contributed by atoms with Gasteiger partial charge < -0.3 is 9.64 Å². The molecule has 20 heavy (non-hydrogen) atoms. The normalized spacial score (nSPS) is 18.9. The summed E-state index contributed by atoms with van der Waals surface area (Å²) in [6.45, 7) is 1.74. The Morgan fingerprint density at radius 2 is 2.00 bits per heavy atom. The van der Waals surface area contributed by atoms with Gasteiger partial charge in [-0.05, 0) is 30.9 Å². The molecule has 1 unspecified atom stereocenters. The van der Waals surface area contributed by atoms with Gasteiger partial charge in [0.2, 0.25) is 0 Å². The monoisotopic (exact) mass is 287 g/mol. The van der Waals surface area contributed by atoms with Crippen molar-refractivity contribution in [3.8, 4) is 0 Å². The number of hydrogen-bond donors (Lipinski definition) is 0. The minimum absolute atomic E-state index is 0.194. The molecule has 3 nitrogen and oxygen atoms in total. The fraction of sp³-hybridized carbons (Fsp3) is 0.500. The van der Waals surface area contributed by atoms with Crippen LogP contribution in [0.3, 0.4) is 0 Å². The second-order valence-electron chi connectivity index (χ2n) is 5.02. The molecule has 1 aliphatic heterocycles. The van der Waals surface area contributed by atoms with Crippen LogP contribution >= 0.6 is 0 Å². The van der Waals surface area contributed by atoms with Crippen LogP contribution in [-0.2, 0) is 4.74 Å². The molecule has 1 saturated heterocycles. The van der Waals surface area contributed by atoms with Crippen molar-refractivity contribution >= 4 is 5.91 Å². The summed E-state index contributed by atoms with van der Waals surface area (Å²) in [6, 6.07) is 1.43. The van der Waals surface area contributed by atoms with E-state index in [0.29, 0.717) is 25.3 Å². The van der Waals surface area contributed by atoms with Gasteiger partial charge in [-0.25, -0.2) is 13.2 Å². The summed E-state index contributed by atoms with van der Waals surface area (Å²) in [4.78, 5) is 13.4. The zero-order valence-electron chi connectivity index (χ0n) is 11.2. The minimum atomic E-state index is -1.56. The lowest BCUT2D eigenvalue weighted by atomic mass is 10.0. The molecule has 1 heterocycles. The Hall–Kier alpha value is -1.56. The molecule has 0 bridgehead atoms. The van der Waals surface area contributed by atoms with Crippen molar-refractivity contribution in [1.82, 2.24) is 4.90 Å². The summed E-state index contributed by atoms with van der Waals surface area (Å²) in [7, 11) is 1.55. The first-order chi connectivity index (χ1) is 9.49. The smallest absolute Gasteiger partial charge is 0.253 e. The van der Waals surface area contributed by atoms with E-state index in [1.807, 2.05) is 0 Å². The summed E-state index contributed by atoms with van der Waals surface area (Å²) in [5.74, 6) is -4.60. The largest absolute Gasteiger partial charge is 0.381 e. The van der Waals surface area contributed by atoms with Gasteiger partial charge in [-0.1, -0.05) is 0 Å². The number of benzene rings is 1. The van der Waals surface area contributed by atoms with Crippen LogP contribution in [-0.4, -0.2) is 37.6 Å². The van der Waals surface area contributed by atoms with Crippen LogP contribution in [0.1, 0.15) is 23.2 Å². The van der Waals surface area contributed by atoms with Gasteiger partial charge in [-0.15, -0.1) is 0 Å². The van der Waals surface area contributed by atoms with E-state index in [-0.39, 0.29) is 11.5 Å². The number of nitrogens with zero attached hydrogens (tertiary/aromatic N) is 1. The summed E-state index contributed by atoms with van der Waals surface area (Å²) in [5.41, 5.74) is -0.194. The predicted molar refractivity (Wildman–Crippen MR) is 66.8 cm³/mol. The van der Waals surface area contributed by atoms with Crippen molar-refractivity contribution in [3.63, 3.8) is 0 Å². The Balaban J connectivity index is 2.06. The maximum Gasteiger partial charge on any atom is 0.253 e. The highest BCUT2D eigenvalue weighted by Crippen LogP contribution is 2.18. The Labute approximate surface area is 115 Å². The fourth-order valence-corrected chi connectivity index (χ4v) is 2.32. The van der Waals surface area contributed by atoms with E-state index in [1.54, 1.807) is 7.05 Å². The summed E-state index contributed by atoms with van der Waals surface area (Å²) in [5, 5.41) is 0. The van der Waals surface area contributed by atoms with Crippen LogP contribution in [0.2, 0.25) is 0 Å². The van der Waals surface area contributed by atoms with Crippen LogP contribution in [0.5, 0.6) is 0 Å². The maximum atomic E-state index is 13.1. The van der Waals surface area contributed by atoms with E-state index >= 15 is 0 Å². The van der Waals surface area contributed by atoms with Gasteiger partial charge in [0.1, 0.15) is 0 Å². The molecule has 0 aliphatic carbocycles. The first-order valence-electron chi connectivity index (χ1n) is 6.46. The molecule has 0 aromatic heterocycles. The second-order valence-corrected chi connectivity index (χ2v) is 5.02. The van der Waals surface area contributed by atoms with Crippen molar-refractivity contribution in [2.45, 2.75) is 12.8 Å². The molecule has 1 aliphatic rings. The van der Waals surface area contributed by atoms with Gasteiger partial charge in [0.25, 0.3) is 5.91 Å². The van der Waals surface area contributed by atoms with E-state index in [4.69, 9.17) is 4.74 Å². The van der Waals surface area contributed by atoms with E-state index in [0.717, 1.165) is 19.4 Å². The Bertz CT molecular complexity index is 478. The Kier molecular flexibility index (Phi) is 4.65. The standard InChI is InChI=1S/C14H16F3NO2/c1-18(7-9-3-2-4-20-8-9)14(19)10-5-11(15)13(17)12(16)6-10/h5-6,9H,2-4,7-8H2,1H3. The number of ether oxygens (including phenoxy) is 1. The molecule has 0 radical (unpaired) electrons. The van der Waals surface area contributed by atoms with Gasteiger partial charge >= 0.3 is 0 Å². The summed E-state index contributed by atoms with van der Waals surface area (Å²) in [6.07, 6.45) is 1.89. The van der Waals surface area contributed by atoms with E-state index in [2.05, 4.69) is 0 Å². The number of rotatable bonds is 3. The predicted octanol–water partition coefficient (Wildman–Crippen LogP) is 2.60. The third-order valence-corrected chi connectivity index (χ3v) is 3.36. The third kappa shape index (κ3) is 3.30. The number of carbonyl (C=O) groups is 1. The minimum Gasteiger partial charge on any atom is -0.381 e. The van der Waals surface area contributed by atoms with E-state index < -0.39 is 23.4 Å². The van der Waals surface area contributed by atoms with Crippen molar-refractivity contribution in [1.29, 1.82) is 0 Å². The van der Waals surface area contributed by atoms with Gasteiger partial charge in [0.15, 0.2) is 17.5 Å². The average Bonchev–Trinajstić information content (AvgIpc) is 2.44. The van der Waals surface area contributed by atoms with E-state index in [9.17, 15) is 18.0 Å². The van der Waals surface area contributed by atoms with Crippen molar-refractivity contribution in [2.75, 3.05) is 26.8 Å². The Morgan fingerprint density at radius 3 is 2.55 bits per heavy atom. The fourth-order valence-electron chi connectivity index (χ4n) is 2.32. The van der Waals surface area contributed by atoms with Crippen molar-refractivity contribution < 1.29 is 22.7 Å². The van der Waals surface area contributed by atoms with Gasteiger partial charge in [-0.2, -0.15) is 0 Å². The first kappa shape index (κ1) is 14.8. The Morgan fingerprint density at radius 1 is 1.35 bits per heavy atom. The molecule has 1 amide bonds. The lowest BCUT2D eigenvalue weighted by Gasteiger charge is -2.27. The third-order valence-electron chi connectivity index (χ3n) is 3.36. The van der Waals surface area contributed by atoms with Crippen LogP contribution in [0, 0.1) is 23.4 Å².